The van der Waals surface area contributed by atoms with Gasteiger partial charge in [0.25, 0.3) is 0 Å². The lowest BCUT2D eigenvalue weighted by molar-refractivity contribution is -0.111. The molecule has 0 fully saturated rings. The van der Waals surface area contributed by atoms with Gasteiger partial charge in [-0.15, -0.1) is 0 Å². The van der Waals surface area contributed by atoms with E-state index in [1.165, 1.54) is 23.9 Å². The summed E-state index contributed by atoms with van der Waals surface area (Å²) in [6.45, 7) is 3.46. The molecule has 0 unspecified atom stereocenters. The molecule has 7 nitrogen and oxygen atoms in total. The second-order valence-electron chi connectivity index (χ2n) is 5.92. The molecule has 1 amide bonds. The van der Waals surface area contributed by atoms with Gasteiger partial charge in [-0.3, -0.25) is 4.79 Å². The largest absolute Gasteiger partial charge is 0.383 e. The number of aromatic nitrogens is 4. The Labute approximate surface area is 159 Å². The van der Waals surface area contributed by atoms with E-state index >= 15 is 0 Å². The van der Waals surface area contributed by atoms with Crippen LogP contribution in [-0.4, -0.2) is 24.8 Å². The van der Waals surface area contributed by atoms with Crippen LogP contribution < -0.4 is 11.1 Å². The predicted molar refractivity (Wildman–Crippen MR) is 108 cm³/mol. The smallest absolute Gasteiger partial charge is 0.247 e. The molecule has 3 aromatic heterocycles. The normalized spacial score (nSPS) is 10.9. The third-order valence-electron chi connectivity index (χ3n) is 4.33. The maximum atomic E-state index is 11.5. The van der Waals surface area contributed by atoms with Crippen molar-refractivity contribution in [3.63, 3.8) is 0 Å². The molecule has 8 heteroatoms. The van der Waals surface area contributed by atoms with Crippen molar-refractivity contribution in [1.82, 2.24) is 18.9 Å². The standard InChI is InChI=1S/C19H16N6OS/c1-3-14(26)24-13-6-4-11(5-7-13)17-15(12-8-23-27-9-12)16-18(20)21-10-22-19(16)25(17)2/h3-10H,1H2,2H3,(H,24,26)(H2,20,21,22). The number of hydrogen-bond donors (Lipinski definition) is 2. The van der Waals surface area contributed by atoms with Crippen LogP contribution in [-0.2, 0) is 11.8 Å². The highest BCUT2D eigenvalue weighted by Crippen LogP contribution is 2.41. The number of fused-ring (bicyclic) bond motifs is 1. The number of aryl methyl sites for hydroxylation is 1. The van der Waals surface area contributed by atoms with Crippen molar-refractivity contribution in [1.29, 1.82) is 0 Å². The molecule has 1 aromatic carbocycles. The predicted octanol–water partition coefficient (Wildman–Crippen LogP) is 3.47. The van der Waals surface area contributed by atoms with E-state index in [0.717, 1.165) is 33.4 Å². The monoisotopic (exact) mass is 376 g/mol. The summed E-state index contributed by atoms with van der Waals surface area (Å²) in [5.74, 6) is 0.179. The minimum atomic E-state index is -0.250. The van der Waals surface area contributed by atoms with Gasteiger partial charge in [0, 0.05) is 35.4 Å². The van der Waals surface area contributed by atoms with Crippen LogP contribution >= 0.6 is 11.5 Å². The van der Waals surface area contributed by atoms with Crippen molar-refractivity contribution in [3.8, 4) is 22.4 Å². The summed E-state index contributed by atoms with van der Waals surface area (Å²) in [5.41, 5.74) is 11.5. The van der Waals surface area contributed by atoms with Crippen molar-refractivity contribution in [2.45, 2.75) is 0 Å². The van der Waals surface area contributed by atoms with Crippen LogP contribution in [0.5, 0.6) is 0 Å². The third-order valence-corrected chi connectivity index (χ3v) is 4.92. The van der Waals surface area contributed by atoms with E-state index in [0.29, 0.717) is 11.5 Å². The molecule has 4 rings (SSSR count). The van der Waals surface area contributed by atoms with Gasteiger partial charge in [-0.1, -0.05) is 18.7 Å². The SMILES string of the molecule is C=CC(=O)Nc1ccc(-c2c(-c3cnsc3)c3c(N)ncnc3n2C)cc1. The minimum Gasteiger partial charge on any atom is -0.383 e. The molecule has 0 saturated carbocycles. The van der Waals surface area contributed by atoms with E-state index in [9.17, 15) is 4.79 Å². The summed E-state index contributed by atoms with van der Waals surface area (Å²) in [6, 6.07) is 7.58. The average Bonchev–Trinajstić information content (AvgIpc) is 3.30. The zero-order chi connectivity index (χ0) is 19.0. The molecule has 0 radical (unpaired) electrons. The molecule has 3 N–H and O–H groups in total. The van der Waals surface area contributed by atoms with Crippen LogP contribution in [0.25, 0.3) is 33.4 Å². The number of rotatable bonds is 4. The number of nitrogens with zero attached hydrogens (tertiary/aromatic N) is 4. The summed E-state index contributed by atoms with van der Waals surface area (Å²) < 4.78 is 6.23. The van der Waals surface area contributed by atoms with Crippen LogP contribution in [0.3, 0.4) is 0 Å². The molecule has 0 aliphatic heterocycles. The number of amides is 1. The van der Waals surface area contributed by atoms with Crippen molar-refractivity contribution in [2.24, 2.45) is 7.05 Å². The highest BCUT2D eigenvalue weighted by Gasteiger charge is 2.22. The van der Waals surface area contributed by atoms with Gasteiger partial charge in [0.2, 0.25) is 5.91 Å². The first-order chi connectivity index (χ1) is 13.1. The zero-order valence-electron chi connectivity index (χ0n) is 14.5. The summed E-state index contributed by atoms with van der Waals surface area (Å²) in [5, 5.41) is 5.53. The Kier molecular flexibility index (Phi) is 4.17. The van der Waals surface area contributed by atoms with Crippen molar-refractivity contribution < 1.29 is 4.79 Å². The first-order valence-electron chi connectivity index (χ1n) is 8.12. The third kappa shape index (κ3) is 2.85. The Hall–Kier alpha value is -3.52. The Bertz CT molecular complexity index is 1150. The lowest BCUT2D eigenvalue weighted by Crippen LogP contribution is -2.06. The van der Waals surface area contributed by atoms with Crippen LogP contribution in [0, 0.1) is 0 Å². The molecule has 0 spiro atoms. The van der Waals surface area contributed by atoms with Crippen molar-refractivity contribution >= 4 is 40.0 Å². The van der Waals surface area contributed by atoms with Crippen LogP contribution in [0.1, 0.15) is 0 Å². The van der Waals surface area contributed by atoms with E-state index in [1.807, 2.05) is 47.5 Å². The Morgan fingerprint density at radius 3 is 2.70 bits per heavy atom. The number of nitrogen functional groups attached to an aromatic ring is 1. The van der Waals surface area contributed by atoms with E-state index < -0.39 is 0 Å². The number of nitrogens with one attached hydrogen (secondary N) is 1. The first kappa shape index (κ1) is 16.9. The highest BCUT2D eigenvalue weighted by molar-refractivity contribution is 7.04. The second kappa shape index (κ2) is 6.65. The van der Waals surface area contributed by atoms with E-state index in [-0.39, 0.29) is 5.91 Å². The summed E-state index contributed by atoms with van der Waals surface area (Å²) in [7, 11) is 1.95. The molecule has 0 aliphatic carbocycles. The molecule has 27 heavy (non-hydrogen) atoms. The number of carbonyl (C=O) groups excluding carboxylic acids is 1. The fourth-order valence-electron chi connectivity index (χ4n) is 3.13. The average molecular weight is 376 g/mol. The minimum absolute atomic E-state index is 0.250. The molecular formula is C19H16N6OS. The van der Waals surface area contributed by atoms with Crippen LogP contribution in [0.2, 0.25) is 0 Å². The number of hydrogen-bond acceptors (Lipinski definition) is 6. The lowest BCUT2D eigenvalue weighted by Gasteiger charge is -2.09. The van der Waals surface area contributed by atoms with Gasteiger partial charge in [0.1, 0.15) is 17.8 Å². The Morgan fingerprint density at radius 2 is 2.04 bits per heavy atom. The fraction of sp³-hybridized carbons (Fsp3) is 0.0526. The van der Waals surface area contributed by atoms with Gasteiger partial charge < -0.3 is 15.6 Å². The fourth-order valence-corrected chi connectivity index (χ4v) is 3.66. The second-order valence-corrected chi connectivity index (χ2v) is 6.58. The summed E-state index contributed by atoms with van der Waals surface area (Å²) in [4.78, 5) is 20.1. The first-order valence-corrected chi connectivity index (χ1v) is 8.96. The Balaban J connectivity index is 1.93. The number of anilines is 2. The quantitative estimate of drug-likeness (QED) is 0.532. The summed E-state index contributed by atoms with van der Waals surface area (Å²) in [6.07, 6.45) is 4.51. The Morgan fingerprint density at radius 1 is 1.26 bits per heavy atom. The van der Waals surface area contributed by atoms with Gasteiger partial charge in [0.15, 0.2) is 0 Å². The zero-order valence-corrected chi connectivity index (χ0v) is 15.3. The van der Waals surface area contributed by atoms with E-state index in [1.54, 1.807) is 0 Å². The molecule has 0 aliphatic rings. The molecule has 134 valence electrons. The van der Waals surface area contributed by atoms with Crippen LogP contribution in [0.15, 0.2) is 54.8 Å². The van der Waals surface area contributed by atoms with Gasteiger partial charge >= 0.3 is 0 Å². The summed E-state index contributed by atoms with van der Waals surface area (Å²) >= 11 is 1.38. The van der Waals surface area contributed by atoms with Gasteiger partial charge in [-0.25, -0.2) is 14.3 Å². The highest BCUT2D eigenvalue weighted by atomic mass is 32.1. The van der Waals surface area contributed by atoms with Crippen molar-refractivity contribution in [3.05, 3.63) is 54.8 Å². The topological polar surface area (TPSA) is 98.7 Å². The molecule has 0 bridgehead atoms. The number of nitrogens with two attached hydrogens (primary N) is 1. The van der Waals surface area contributed by atoms with Crippen molar-refractivity contribution in [2.75, 3.05) is 11.1 Å². The maximum absolute atomic E-state index is 11.5. The van der Waals surface area contributed by atoms with E-state index in [4.69, 9.17) is 5.73 Å². The lowest BCUT2D eigenvalue weighted by atomic mass is 10.0. The molecule has 3 heterocycles. The molecule has 0 saturated heterocycles. The van der Waals surface area contributed by atoms with Gasteiger partial charge in [-0.05, 0) is 35.3 Å². The van der Waals surface area contributed by atoms with Crippen LogP contribution in [0.4, 0.5) is 11.5 Å². The number of carbonyl (C=O) groups is 1. The molecule has 0 atom stereocenters. The number of benzene rings is 1. The maximum Gasteiger partial charge on any atom is 0.247 e. The van der Waals surface area contributed by atoms with E-state index in [2.05, 4.69) is 26.2 Å². The molecular weight excluding hydrogens is 360 g/mol. The van der Waals surface area contributed by atoms with Gasteiger partial charge in [-0.2, -0.15) is 0 Å². The molecule has 4 aromatic rings. The van der Waals surface area contributed by atoms with Gasteiger partial charge in [0.05, 0.1) is 11.1 Å².